The second-order valence-electron chi connectivity index (χ2n) is 18.4. The maximum Gasteiger partial charge on any atom is 0.306 e. The van der Waals surface area contributed by atoms with Crippen LogP contribution in [0, 0.1) is 0 Å². The quantitative estimate of drug-likeness (QED) is 0.0260. The number of carbonyl (C=O) groups is 3. The number of carboxylic acid groups (broad SMARTS) is 1. The van der Waals surface area contributed by atoms with Gasteiger partial charge in [0.1, 0.15) is 12.6 Å². The van der Waals surface area contributed by atoms with Crippen molar-refractivity contribution in [2.45, 2.75) is 257 Å². The highest BCUT2D eigenvalue weighted by Crippen LogP contribution is 2.16. The molecular formula is C51H97NO7. The zero-order valence-electron chi connectivity index (χ0n) is 39.7. The minimum Gasteiger partial charge on any atom is -0.544 e. The first kappa shape index (κ1) is 57.1. The summed E-state index contributed by atoms with van der Waals surface area (Å²) in [5.41, 5.74) is 0. The normalized spacial score (nSPS) is 12.9. The molecule has 0 aliphatic carbocycles. The Morgan fingerprint density at radius 3 is 1.22 bits per heavy atom. The Kier molecular flexibility index (Phi) is 41.3. The Hall–Kier alpha value is -1.93. The lowest BCUT2D eigenvalue weighted by Gasteiger charge is -2.34. The molecule has 0 rings (SSSR count). The van der Waals surface area contributed by atoms with Crippen molar-refractivity contribution in [2.75, 3.05) is 41.0 Å². The molecule has 8 nitrogen and oxygen atoms in total. The summed E-state index contributed by atoms with van der Waals surface area (Å²) in [6.45, 7) is 4.70. The van der Waals surface area contributed by atoms with Crippen LogP contribution in [-0.2, 0) is 28.6 Å². The zero-order valence-corrected chi connectivity index (χ0v) is 39.7. The minimum atomic E-state index is -1.12. The third-order valence-corrected chi connectivity index (χ3v) is 11.7. The van der Waals surface area contributed by atoms with Gasteiger partial charge in [0.25, 0.3) is 0 Å². The number of rotatable bonds is 46. The molecule has 0 heterocycles. The van der Waals surface area contributed by atoms with E-state index in [0.717, 1.165) is 38.5 Å². The standard InChI is InChI=1S/C51H97NO7/c1-6-8-10-12-14-16-18-20-22-24-26-28-30-32-34-36-38-40-42-50(54)59-47(45-57-44-43-48(51(55)56)52(3,4)5)46-58-49(53)41-39-37-35-33-31-29-27-25-23-21-19-17-15-13-11-9-7-2/h21,23,47-48H,6-20,22,24-46H2,1-5H3/b23-21+. The van der Waals surface area contributed by atoms with E-state index in [2.05, 4.69) is 26.0 Å². The van der Waals surface area contributed by atoms with E-state index in [-0.39, 0.29) is 42.7 Å². The first-order chi connectivity index (χ1) is 28.6. The number of likely N-dealkylation sites (N-methyl/N-ethyl adjacent to an activating group) is 1. The van der Waals surface area contributed by atoms with Crippen LogP contribution in [0.15, 0.2) is 12.2 Å². The van der Waals surface area contributed by atoms with Crippen LogP contribution in [-0.4, -0.2) is 75.5 Å². The molecule has 2 atom stereocenters. The second-order valence-corrected chi connectivity index (χ2v) is 18.4. The molecule has 0 spiro atoms. The van der Waals surface area contributed by atoms with Gasteiger partial charge in [0.05, 0.1) is 40.3 Å². The number of esters is 2. The third-order valence-electron chi connectivity index (χ3n) is 11.7. The lowest BCUT2D eigenvalue weighted by atomic mass is 10.0. The van der Waals surface area contributed by atoms with Crippen molar-refractivity contribution in [1.29, 1.82) is 0 Å². The number of carboxylic acids is 1. The van der Waals surface area contributed by atoms with Crippen LogP contribution in [0.5, 0.6) is 0 Å². The maximum absolute atomic E-state index is 12.8. The van der Waals surface area contributed by atoms with Crippen LogP contribution < -0.4 is 5.11 Å². The first-order valence-corrected chi connectivity index (χ1v) is 25.2. The number of carbonyl (C=O) groups excluding carboxylic acids is 3. The van der Waals surface area contributed by atoms with Crippen LogP contribution in [0.1, 0.15) is 245 Å². The average Bonchev–Trinajstić information content (AvgIpc) is 3.19. The van der Waals surface area contributed by atoms with E-state index in [1.165, 1.54) is 173 Å². The fourth-order valence-corrected chi connectivity index (χ4v) is 7.71. The molecule has 0 amide bonds. The molecule has 0 radical (unpaired) electrons. The molecule has 0 N–H and O–H groups in total. The van der Waals surface area contributed by atoms with E-state index >= 15 is 0 Å². The number of allylic oxidation sites excluding steroid dienone is 2. The topological polar surface area (TPSA) is 102 Å². The highest BCUT2D eigenvalue weighted by molar-refractivity contribution is 5.70. The fourth-order valence-electron chi connectivity index (χ4n) is 7.71. The molecule has 0 saturated carbocycles. The van der Waals surface area contributed by atoms with E-state index in [0.29, 0.717) is 12.8 Å². The van der Waals surface area contributed by atoms with E-state index in [9.17, 15) is 19.5 Å². The Labute approximate surface area is 365 Å². The molecule has 348 valence electrons. The van der Waals surface area contributed by atoms with Gasteiger partial charge < -0.3 is 28.6 Å². The number of hydrogen-bond donors (Lipinski definition) is 0. The first-order valence-electron chi connectivity index (χ1n) is 25.2. The van der Waals surface area contributed by atoms with Gasteiger partial charge in [-0.2, -0.15) is 0 Å². The number of ether oxygens (including phenoxy) is 3. The molecule has 0 saturated heterocycles. The summed E-state index contributed by atoms with van der Waals surface area (Å²) in [5.74, 6) is -1.72. The molecule has 2 unspecified atom stereocenters. The van der Waals surface area contributed by atoms with Crippen molar-refractivity contribution >= 4 is 17.9 Å². The van der Waals surface area contributed by atoms with Crippen molar-refractivity contribution in [1.82, 2.24) is 0 Å². The molecule has 0 aliphatic rings. The minimum absolute atomic E-state index is 0.0456. The van der Waals surface area contributed by atoms with Gasteiger partial charge in [-0.25, -0.2) is 0 Å². The fraction of sp³-hybridized carbons (Fsp3) is 0.902. The zero-order chi connectivity index (χ0) is 43.5. The van der Waals surface area contributed by atoms with Crippen molar-refractivity contribution in [3.63, 3.8) is 0 Å². The number of hydrogen-bond acceptors (Lipinski definition) is 7. The summed E-state index contributed by atoms with van der Waals surface area (Å²) in [7, 11) is 5.42. The number of quaternary nitrogens is 1. The van der Waals surface area contributed by atoms with Crippen molar-refractivity contribution in [3.8, 4) is 0 Å². The summed E-state index contributed by atoms with van der Waals surface area (Å²) >= 11 is 0. The molecule has 0 fully saturated rings. The highest BCUT2D eigenvalue weighted by Gasteiger charge is 2.25. The highest BCUT2D eigenvalue weighted by atomic mass is 16.6. The Balaban J connectivity index is 4.23. The number of unbranched alkanes of at least 4 members (excludes halogenated alkanes) is 30. The second kappa shape index (κ2) is 42.7. The molecule has 0 bridgehead atoms. The van der Waals surface area contributed by atoms with Crippen molar-refractivity contribution in [2.24, 2.45) is 0 Å². The molecule has 0 aliphatic heterocycles. The number of nitrogens with zero attached hydrogens (tertiary/aromatic N) is 1. The van der Waals surface area contributed by atoms with Gasteiger partial charge in [-0.1, -0.05) is 199 Å². The van der Waals surface area contributed by atoms with Crippen LogP contribution in [0.2, 0.25) is 0 Å². The average molecular weight is 836 g/mol. The van der Waals surface area contributed by atoms with E-state index in [1.807, 2.05) is 21.1 Å². The molecule has 8 heteroatoms. The summed E-state index contributed by atoms with van der Waals surface area (Å²) in [6.07, 6.45) is 46.6. The molecule has 0 aromatic heterocycles. The third kappa shape index (κ3) is 41.2. The van der Waals surface area contributed by atoms with Crippen LogP contribution in [0.4, 0.5) is 0 Å². The summed E-state index contributed by atoms with van der Waals surface area (Å²) in [4.78, 5) is 37.0. The van der Waals surface area contributed by atoms with Crippen LogP contribution >= 0.6 is 0 Å². The predicted octanol–water partition coefficient (Wildman–Crippen LogP) is 12.9. The summed E-state index contributed by atoms with van der Waals surface area (Å²) in [6, 6.07) is -0.722. The lowest BCUT2D eigenvalue weighted by molar-refractivity contribution is -0.889. The molecular weight excluding hydrogens is 739 g/mol. The van der Waals surface area contributed by atoms with Gasteiger partial charge in [-0.3, -0.25) is 9.59 Å². The Bertz CT molecular complexity index is 978. The van der Waals surface area contributed by atoms with Gasteiger partial charge in [-0.15, -0.1) is 0 Å². The smallest absolute Gasteiger partial charge is 0.306 e. The SMILES string of the molecule is CCCCCCCC/C=C/CCCCCCCCCC(=O)OCC(COCCC(C(=O)[O-])[N+](C)(C)C)OC(=O)CCCCCCCCCCCCCCCCCCCC. The monoisotopic (exact) mass is 836 g/mol. The largest absolute Gasteiger partial charge is 0.544 e. The van der Waals surface area contributed by atoms with Gasteiger partial charge in [-0.05, 0) is 38.5 Å². The van der Waals surface area contributed by atoms with Crippen LogP contribution in [0.25, 0.3) is 0 Å². The van der Waals surface area contributed by atoms with Gasteiger partial charge in [0.15, 0.2) is 6.10 Å². The Morgan fingerprint density at radius 2 is 0.847 bits per heavy atom. The predicted molar refractivity (Wildman–Crippen MR) is 245 cm³/mol. The maximum atomic E-state index is 12.8. The van der Waals surface area contributed by atoms with E-state index in [4.69, 9.17) is 14.2 Å². The summed E-state index contributed by atoms with van der Waals surface area (Å²) < 4.78 is 17.2. The molecule has 59 heavy (non-hydrogen) atoms. The molecule has 0 aromatic carbocycles. The molecule has 0 aromatic rings. The lowest BCUT2D eigenvalue weighted by Crippen LogP contribution is -2.55. The van der Waals surface area contributed by atoms with E-state index < -0.39 is 18.1 Å². The van der Waals surface area contributed by atoms with Gasteiger partial charge in [0.2, 0.25) is 0 Å². The Morgan fingerprint density at radius 1 is 0.492 bits per heavy atom. The summed E-state index contributed by atoms with van der Waals surface area (Å²) in [5, 5.41) is 11.6. The van der Waals surface area contributed by atoms with Crippen molar-refractivity contribution < 1.29 is 38.2 Å². The van der Waals surface area contributed by atoms with Crippen molar-refractivity contribution in [3.05, 3.63) is 12.2 Å². The van der Waals surface area contributed by atoms with Gasteiger partial charge >= 0.3 is 11.9 Å². The number of aliphatic carboxylic acids is 1. The van der Waals surface area contributed by atoms with Gasteiger partial charge in [0, 0.05) is 19.3 Å². The van der Waals surface area contributed by atoms with E-state index in [1.54, 1.807) is 0 Å². The van der Waals surface area contributed by atoms with Crippen LogP contribution in [0.3, 0.4) is 0 Å².